The van der Waals surface area contributed by atoms with E-state index in [4.69, 9.17) is 16.3 Å². The maximum atomic E-state index is 5.93. The Morgan fingerprint density at radius 1 is 1.42 bits per heavy atom. The minimum atomic E-state index is 0.754. The maximum Gasteiger partial charge on any atom is 0.133 e. The van der Waals surface area contributed by atoms with Crippen molar-refractivity contribution in [2.45, 2.75) is 11.8 Å². The van der Waals surface area contributed by atoms with Crippen LogP contribution in [0.25, 0.3) is 0 Å². The van der Waals surface area contributed by atoms with Crippen molar-refractivity contribution >= 4 is 23.4 Å². The molecule has 0 aliphatic carbocycles. The molecule has 0 saturated carbocycles. The van der Waals surface area contributed by atoms with E-state index >= 15 is 0 Å². The second kappa shape index (κ2) is 4.06. The molecule has 1 nitrogen and oxygen atoms in total. The van der Waals surface area contributed by atoms with E-state index in [0.29, 0.717) is 0 Å². The standard InChI is InChI=1S/C9H11ClOS/c1-6-4-9(12-3)8(11-2)5-7(6)10/h4-5H,1-3H3. The van der Waals surface area contributed by atoms with Crippen molar-refractivity contribution in [1.29, 1.82) is 0 Å². The Kier molecular flexibility index (Phi) is 3.29. The largest absolute Gasteiger partial charge is 0.496 e. The molecule has 1 aromatic rings. The van der Waals surface area contributed by atoms with Gasteiger partial charge in [-0.1, -0.05) is 11.6 Å². The van der Waals surface area contributed by atoms with Gasteiger partial charge in [0.1, 0.15) is 5.75 Å². The van der Waals surface area contributed by atoms with Gasteiger partial charge in [0.2, 0.25) is 0 Å². The number of rotatable bonds is 2. The predicted octanol–water partition coefficient (Wildman–Crippen LogP) is 3.38. The molecule has 0 amide bonds. The molecule has 0 bridgehead atoms. The van der Waals surface area contributed by atoms with Crippen molar-refractivity contribution < 1.29 is 4.74 Å². The lowest BCUT2D eigenvalue weighted by Gasteiger charge is -2.07. The van der Waals surface area contributed by atoms with Gasteiger partial charge in [-0.05, 0) is 24.8 Å². The van der Waals surface area contributed by atoms with Crippen LogP contribution in [-0.2, 0) is 0 Å². The molecule has 0 saturated heterocycles. The van der Waals surface area contributed by atoms with Gasteiger partial charge in [0, 0.05) is 16.0 Å². The fourth-order valence-corrected chi connectivity index (χ4v) is 1.75. The summed E-state index contributed by atoms with van der Waals surface area (Å²) in [5, 5.41) is 0.754. The van der Waals surface area contributed by atoms with Crippen LogP contribution in [0, 0.1) is 6.92 Å². The number of hydrogen-bond donors (Lipinski definition) is 0. The van der Waals surface area contributed by atoms with Gasteiger partial charge in [-0.15, -0.1) is 11.8 Å². The number of thioether (sulfide) groups is 1. The number of benzene rings is 1. The fraction of sp³-hybridized carbons (Fsp3) is 0.333. The Morgan fingerprint density at radius 3 is 2.58 bits per heavy atom. The summed E-state index contributed by atoms with van der Waals surface area (Å²) in [6, 6.07) is 3.88. The summed E-state index contributed by atoms with van der Waals surface area (Å²) in [6.45, 7) is 1.99. The average Bonchev–Trinajstić information content (AvgIpc) is 2.09. The highest BCUT2D eigenvalue weighted by Gasteiger charge is 2.04. The number of halogens is 1. The molecule has 0 radical (unpaired) electrons. The molecule has 66 valence electrons. The van der Waals surface area contributed by atoms with Gasteiger partial charge in [0.25, 0.3) is 0 Å². The summed E-state index contributed by atoms with van der Waals surface area (Å²) in [6.07, 6.45) is 2.02. The first kappa shape index (κ1) is 9.75. The molecular formula is C9H11ClOS. The highest BCUT2D eigenvalue weighted by atomic mass is 35.5. The van der Waals surface area contributed by atoms with Crippen molar-refractivity contribution in [2.24, 2.45) is 0 Å². The van der Waals surface area contributed by atoms with Crippen molar-refractivity contribution in [3.8, 4) is 5.75 Å². The van der Waals surface area contributed by atoms with Gasteiger partial charge < -0.3 is 4.74 Å². The zero-order valence-corrected chi connectivity index (χ0v) is 8.92. The Morgan fingerprint density at radius 2 is 2.08 bits per heavy atom. The van der Waals surface area contributed by atoms with Crippen molar-refractivity contribution in [3.05, 3.63) is 22.7 Å². The van der Waals surface area contributed by atoms with Crippen LogP contribution in [0.2, 0.25) is 5.02 Å². The molecule has 1 rings (SSSR count). The van der Waals surface area contributed by atoms with E-state index < -0.39 is 0 Å². The molecule has 0 aliphatic rings. The third-order valence-corrected chi connectivity index (χ3v) is 2.83. The lowest BCUT2D eigenvalue weighted by Crippen LogP contribution is -1.87. The van der Waals surface area contributed by atoms with Crippen LogP contribution >= 0.6 is 23.4 Å². The molecule has 0 spiro atoms. The summed E-state index contributed by atoms with van der Waals surface area (Å²) in [5.74, 6) is 0.845. The van der Waals surface area contributed by atoms with E-state index in [1.54, 1.807) is 18.9 Å². The monoisotopic (exact) mass is 202 g/mol. The quantitative estimate of drug-likeness (QED) is 0.680. The smallest absolute Gasteiger partial charge is 0.133 e. The first-order valence-corrected chi connectivity index (χ1v) is 5.17. The van der Waals surface area contributed by atoms with Crippen LogP contribution in [0.5, 0.6) is 5.75 Å². The number of methoxy groups -OCH3 is 1. The normalized spacial score (nSPS) is 10.0. The maximum absolute atomic E-state index is 5.93. The summed E-state index contributed by atoms with van der Waals surface area (Å²) in [4.78, 5) is 1.12. The first-order valence-electron chi connectivity index (χ1n) is 3.57. The molecule has 0 atom stereocenters. The van der Waals surface area contributed by atoms with E-state index in [1.807, 2.05) is 25.3 Å². The summed E-state index contributed by atoms with van der Waals surface area (Å²) < 4.78 is 5.17. The van der Waals surface area contributed by atoms with Crippen molar-refractivity contribution in [1.82, 2.24) is 0 Å². The van der Waals surface area contributed by atoms with Gasteiger partial charge in [0.05, 0.1) is 7.11 Å². The Balaban J connectivity index is 3.19. The van der Waals surface area contributed by atoms with E-state index in [-0.39, 0.29) is 0 Å². The van der Waals surface area contributed by atoms with Gasteiger partial charge >= 0.3 is 0 Å². The molecule has 0 N–H and O–H groups in total. The minimum Gasteiger partial charge on any atom is -0.496 e. The van der Waals surface area contributed by atoms with E-state index in [9.17, 15) is 0 Å². The minimum absolute atomic E-state index is 0.754. The molecule has 0 fully saturated rings. The van der Waals surface area contributed by atoms with Crippen LogP contribution in [0.1, 0.15) is 5.56 Å². The second-order valence-corrected chi connectivity index (χ2v) is 3.71. The van der Waals surface area contributed by atoms with Crippen molar-refractivity contribution in [2.75, 3.05) is 13.4 Å². The Bertz CT molecular complexity index is 257. The highest BCUT2D eigenvalue weighted by Crippen LogP contribution is 2.32. The van der Waals surface area contributed by atoms with E-state index in [2.05, 4.69) is 0 Å². The summed E-state index contributed by atoms with van der Waals surface area (Å²) in [7, 11) is 1.65. The number of aryl methyl sites for hydroxylation is 1. The molecule has 0 heterocycles. The van der Waals surface area contributed by atoms with E-state index in [1.165, 1.54) is 0 Å². The van der Waals surface area contributed by atoms with E-state index in [0.717, 1.165) is 21.2 Å². The average molecular weight is 203 g/mol. The van der Waals surface area contributed by atoms with Gasteiger partial charge in [-0.3, -0.25) is 0 Å². The van der Waals surface area contributed by atoms with Gasteiger partial charge in [-0.25, -0.2) is 0 Å². The molecule has 0 aliphatic heterocycles. The van der Waals surface area contributed by atoms with Crippen LogP contribution < -0.4 is 4.74 Å². The molecule has 0 aromatic heterocycles. The molecule has 1 aromatic carbocycles. The summed E-state index contributed by atoms with van der Waals surface area (Å²) >= 11 is 7.59. The third-order valence-electron chi connectivity index (χ3n) is 1.66. The molecule has 3 heteroatoms. The number of ether oxygens (including phenoxy) is 1. The third kappa shape index (κ3) is 1.87. The Hall–Kier alpha value is -0.340. The SMILES string of the molecule is COc1cc(Cl)c(C)cc1SC. The van der Waals surface area contributed by atoms with Gasteiger partial charge in [-0.2, -0.15) is 0 Å². The number of hydrogen-bond acceptors (Lipinski definition) is 2. The highest BCUT2D eigenvalue weighted by molar-refractivity contribution is 7.98. The molecule has 0 unspecified atom stereocenters. The lowest BCUT2D eigenvalue weighted by atomic mass is 10.2. The van der Waals surface area contributed by atoms with Crippen LogP contribution in [0.3, 0.4) is 0 Å². The van der Waals surface area contributed by atoms with Crippen LogP contribution in [0.4, 0.5) is 0 Å². The molecule has 12 heavy (non-hydrogen) atoms. The summed E-state index contributed by atoms with van der Waals surface area (Å²) in [5.41, 5.74) is 1.09. The first-order chi connectivity index (χ1) is 5.69. The van der Waals surface area contributed by atoms with Gasteiger partial charge in [0.15, 0.2) is 0 Å². The topological polar surface area (TPSA) is 9.23 Å². The zero-order chi connectivity index (χ0) is 9.14. The van der Waals surface area contributed by atoms with Crippen molar-refractivity contribution in [3.63, 3.8) is 0 Å². The molecular weight excluding hydrogens is 192 g/mol. The Labute approximate surface area is 82.1 Å². The fourth-order valence-electron chi connectivity index (χ4n) is 0.956. The second-order valence-electron chi connectivity index (χ2n) is 2.46. The lowest BCUT2D eigenvalue weighted by molar-refractivity contribution is 0.405. The van der Waals surface area contributed by atoms with Crippen LogP contribution in [0.15, 0.2) is 17.0 Å². The predicted molar refractivity (Wildman–Crippen MR) is 54.5 cm³/mol. The zero-order valence-electron chi connectivity index (χ0n) is 7.35. The van der Waals surface area contributed by atoms with Crippen LogP contribution in [-0.4, -0.2) is 13.4 Å².